The second-order valence-corrected chi connectivity index (χ2v) is 7.44. The molecule has 1 amide bonds. The van der Waals surface area contributed by atoms with Crippen molar-refractivity contribution in [2.24, 2.45) is 0 Å². The molecule has 1 saturated heterocycles. The van der Waals surface area contributed by atoms with Crippen molar-refractivity contribution in [1.82, 2.24) is 24.8 Å². The van der Waals surface area contributed by atoms with E-state index in [2.05, 4.69) is 19.9 Å². The summed E-state index contributed by atoms with van der Waals surface area (Å²) in [7, 11) is 0. The smallest absolute Gasteiger partial charge is 0.259 e. The largest absolute Gasteiger partial charge is 0.382 e. The number of halogens is 2. The number of piperazine rings is 1. The van der Waals surface area contributed by atoms with E-state index < -0.39 is 23.1 Å². The second kappa shape index (κ2) is 7.88. The van der Waals surface area contributed by atoms with Gasteiger partial charge in [-0.25, -0.2) is 23.7 Å². The van der Waals surface area contributed by atoms with Gasteiger partial charge in [-0.1, -0.05) is 18.2 Å². The Morgan fingerprint density at radius 2 is 1.69 bits per heavy atom. The van der Waals surface area contributed by atoms with Gasteiger partial charge in [0.25, 0.3) is 5.91 Å². The van der Waals surface area contributed by atoms with E-state index in [9.17, 15) is 13.6 Å². The van der Waals surface area contributed by atoms with E-state index in [1.807, 2.05) is 29.2 Å². The molecule has 1 aliphatic heterocycles. The Kier molecular flexibility index (Phi) is 4.89. The molecule has 1 fully saturated rings. The van der Waals surface area contributed by atoms with Gasteiger partial charge in [-0.05, 0) is 24.3 Å². The first-order valence-corrected chi connectivity index (χ1v) is 10.1. The third kappa shape index (κ3) is 3.49. The van der Waals surface area contributed by atoms with E-state index in [1.165, 1.54) is 11.0 Å². The summed E-state index contributed by atoms with van der Waals surface area (Å²) in [5.74, 6) is -1.04. The molecule has 0 spiro atoms. The van der Waals surface area contributed by atoms with Gasteiger partial charge in [-0.2, -0.15) is 0 Å². The van der Waals surface area contributed by atoms with Crippen LogP contribution in [0.2, 0.25) is 0 Å². The van der Waals surface area contributed by atoms with E-state index >= 15 is 0 Å². The van der Waals surface area contributed by atoms with Crippen LogP contribution in [0.1, 0.15) is 10.4 Å². The van der Waals surface area contributed by atoms with Crippen molar-refractivity contribution in [3.63, 3.8) is 0 Å². The average molecular weight is 435 g/mol. The number of rotatable bonds is 3. The molecule has 10 heteroatoms. The number of imidazole rings is 1. The first kappa shape index (κ1) is 19.9. The SMILES string of the molecule is Nc1ncc(N2CCN(C(=O)c3c(F)cccc3F)CC2)nc1-c1nc2ccccc2[nH]1. The molecule has 3 heterocycles. The van der Waals surface area contributed by atoms with Crippen LogP contribution in [0.15, 0.2) is 48.7 Å². The summed E-state index contributed by atoms with van der Waals surface area (Å²) in [4.78, 5) is 32.6. The van der Waals surface area contributed by atoms with Crippen LogP contribution in [-0.2, 0) is 0 Å². The number of fused-ring (bicyclic) bond motifs is 1. The van der Waals surface area contributed by atoms with Crippen LogP contribution in [-0.4, -0.2) is 56.9 Å². The summed E-state index contributed by atoms with van der Waals surface area (Å²) in [6.45, 7) is 1.44. The lowest BCUT2D eigenvalue weighted by Crippen LogP contribution is -2.49. The minimum absolute atomic E-state index is 0.247. The highest BCUT2D eigenvalue weighted by Crippen LogP contribution is 2.26. The maximum Gasteiger partial charge on any atom is 0.259 e. The topological polar surface area (TPSA) is 104 Å². The number of carbonyl (C=O) groups is 1. The number of aromatic amines is 1. The minimum Gasteiger partial charge on any atom is -0.382 e. The van der Waals surface area contributed by atoms with Gasteiger partial charge in [-0.15, -0.1) is 0 Å². The molecule has 0 atom stereocenters. The summed E-state index contributed by atoms with van der Waals surface area (Å²) in [6.07, 6.45) is 1.56. The Hall–Kier alpha value is -4.08. The van der Waals surface area contributed by atoms with Crippen LogP contribution in [0.25, 0.3) is 22.6 Å². The van der Waals surface area contributed by atoms with Crippen molar-refractivity contribution in [2.45, 2.75) is 0 Å². The fourth-order valence-corrected chi connectivity index (χ4v) is 3.78. The lowest BCUT2D eigenvalue weighted by Gasteiger charge is -2.35. The standard InChI is InChI=1S/C22H19F2N7O/c23-13-4-3-5-14(24)18(13)22(32)31-10-8-30(9-11-31)17-12-26-20(25)19(29-17)21-27-15-6-1-2-7-16(15)28-21/h1-7,12H,8-11H2,(H2,25,26)(H,27,28). The van der Waals surface area contributed by atoms with Gasteiger partial charge in [0.15, 0.2) is 17.3 Å². The van der Waals surface area contributed by atoms with Gasteiger partial charge in [0.1, 0.15) is 23.0 Å². The summed E-state index contributed by atoms with van der Waals surface area (Å²) >= 11 is 0. The predicted octanol–water partition coefficient (Wildman–Crippen LogP) is 2.84. The highest BCUT2D eigenvalue weighted by Gasteiger charge is 2.27. The number of nitrogens with zero attached hydrogens (tertiary/aromatic N) is 5. The number of H-pyrrole nitrogens is 1. The summed E-state index contributed by atoms with van der Waals surface area (Å²) in [6, 6.07) is 11.0. The second-order valence-electron chi connectivity index (χ2n) is 7.44. The predicted molar refractivity (Wildman–Crippen MR) is 116 cm³/mol. The fraction of sp³-hybridized carbons (Fsp3) is 0.182. The van der Waals surface area contributed by atoms with Crippen LogP contribution in [0.3, 0.4) is 0 Å². The fourth-order valence-electron chi connectivity index (χ4n) is 3.78. The van der Waals surface area contributed by atoms with Crippen LogP contribution in [0.4, 0.5) is 20.4 Å². The van der Waals surface area contributed by atoms with Crippen LogP contribution in [0.5, 0.6) is 0 Å². The number of nitrogen functional groups attached to an aromatic ring is 1. The molecule has 32 heavy (non-hydrogen) atoms. The Morgan fingerprint density at radius 1 is 0.969 bits per heavy atom. The molecule has 4 aromatic rings. The molecule has 0 bridgehead atoms. The molecule has 0 saturated carbocycles. The molecule has 8 nitrogen and oxygen atoms in total. The molecular formula is C22H19F2N7O. The molecule has 2 aromatic carbocycles. The normalized spacial score (nSPS) is 14.2. The monoisotopic (exact) mass is 435 g/mol. The number of carbonyl (C=O) groups excluding carboxylic acids is 1. The van der Waals surface area contributed by atoms with Crippen LogP contribution < -0.4 is 10.6 Å². The van der Waals surface area contributed by atoms with Crippen LogP contribution >= 0.6 is 0 Å². The number of hydrogen-bond donors (Lipinski definition) is 2. The first-order valence-electron chi connectivity index (χ1n) is 10.1. The Morgan fingerprint density at radius 3 is 2.41 bits per heavy atom. The summed E-state index contributed by atoms with van der Waals surface area (Å²) < 4.78 is 28.0. The quantitative estimate of drug-likeness (QED) is 0.513. The minimum atomic E-state index is -0.864. The maximum atomic E-state index is 14.0. The highest BCUT2D eigenvalue weighted by atomic mass is 19.1. The molecule has 1 aliphatic rings. The van der Waals surface area contributed by atoms with E-state index in [4.69, 9.17) is 5.73 Å². The van der Waals surface area contributed by atoms with Crippen LogP contribution in [0, 0.1) is 11.6 Å². The van der Waals surface area contributed by atoms with E-state index in [-0.39, 0.29) is 5.82 Å². The third-order valence-corrected chi connectivity index (χ3v) is 5.47. The van der Waals surface area contributed by atoms with Gasteiger partial charge in [0.05, 0.1) is 17.2 Å². The van der Waals surface area contributed by atoms with Gasteiger partial charge in [0, 0.05) is 26.2 Å². The summed E-state index contributed by atoms with van der Waals surface area (Å²) in [5, 5.41) is 0. The first-order chi connectivity index (χ1) is 15.5. The number of nitrogens with one attached hydrogen (secondary N) is 1. The van der Waals surface area contributed by atoms with Crippen molar-refractivity contribution in [3.8, 4) is 11.5 Å². The zero-order valence-corrected chi connectivity index (χ0v) is 16.9. The lowest BCUT2D eigenvalue weighted by atomic mass is 10.1. The zero-order chi connectivity index (χ0) is 22.2. The lowest BCUT2D eigenvalue weighted by molar-refractivity contribution is 0.0736. The number of aromatic nitrogens is 4. The van der Waals surface area contributed by atoms with Gasteiger partial charge >= 0.3 is 0 Å². The molecule has 0 unspecified atom stereocenters. The van der Waals surface area contributed by atoms with E-state index in [0.717, 1.165) is 23.2 Å². The number of hydrogen-bond acceptors (Lipinski definition) is 6. The summed E-state index contributed by atoms with van der Waals surface area (Å²) in [5.41, 5.74) is 7.62. The third-order valence-electron chi connectivity index (χ3n) is 5.47. The Balaban J connectivity index is 1.35. The van der Waals surface area contributed by atoms with Crippen molar-refractivity contribution >= 4 is 28.6 Å². The van der Waals surface area contributed by atoms with Crippen molar-refractivity contribution < 1.29 is 13.6 Å². The zero-order valence-electron chi connectivity index (χ0n) is 16.9. The van der Waals surface area contributed by atoms with E-state index in [0.29, 0.717) is 43.5 Å². The Bertz CT molecular complexity index is 1260. The molecular weight excluding hydrogens is 416 g/mol. The van der Waals surface area contributed by atoms with Gasteiger partial charge in [0.2, 0.25) is 0 Å². The number of para-hydroxylation sites is 2. The molecule has 0 radical (unpaired) electrons. The van der Waals surface area contributed by atoms with Gasteiger partial charge < -0.3 is 20.5 Å². The molecule has 3 N–H and O–H groups in total. The van der Waals surface area contributed by atoms with Crippen molar-refractivity contribution in [2.75, 3.05) is 36.8 Å². The Labute approximate surface area is 181 Å². The molecule has 162 valence electrons. The molecule has 0 aliphatic carbocycles. The van der Waals surface area contributed by atoms with Crippen molar-refractivity contribution in [1.29, 1.82) is 0 Å². The number of nitrogens with two attached hydrogens (primary N) is 1. The maximum absolute atomic E-state index is 14.0. The van der Waals surface area contributed by atoms with Crippen molar-refractivity contribution in [3.05, 3.63) is 65.9 Å². The number of amides is 1. The highest BCUT2D eigenvalue weighted by molar-refractivity contribution is 5.95. The number of benzene rings is 2. The molecule has 2 aromatic heterocycles. The number of anilines is 2. The molecule has 5 rings (SSSR count). The average Bonchev–Trinajstić information content (AvgIpc) is 3.23. The van der Waals surface area contributed by atoms with Gasteiger partial charge in [-0.3, -0.25) is 4.79 Å². The van der Waals surface area contributed by atoms with E-state index in [1.54, 1.807) is 6.20 Å².